The first kappa shape index (κ1) is 24.2. The summed E-state index contributed by atoms with van der Waals surface area (Å²) < 4.78 is 2.00. The minimum atomic E-state index is -0.981. The molecule has 8 nitrogen and oxygen atoms in total. The number of aryl methyl sites for hydroxylation is 1. The van der Waals surface area contributed by atoms with Crippen LogP contribution in [0, 0.1) is 0 Å². The second-order valence-electron chi connectivity index (χ2n) is 8.29. The highest BCUT2D eigenvalue weighted by Gasteiger charge is 2.33. The lowest BCUT2D eigenvalue weighted by Crippen LogP contribution is -2.27. The molecule has 0 unspecified atom stereocenters. The minimum absolute atomic E-state index is 0.215. The number of unbranched alkanes of at least 4 members (excludes halogenated alkanes) is 1. The molecular formula is C26H25ClN4O4. The summed E-state index contributed by atoms with van der Waals surface area (Å²) in [5.41, 5.74) is 2.86. The second kappa shape index (κ2) is 10.6. The fourth-order valence-electron chi connectivity index (χ4n) is 3.87. The number of amides is 3. The Morgan fingerprint density at radius 3 is 2.37 bits per heavy atom. The summed E-state index contributed by atoms with van der Waals surface area (Å²) in [6.07, 6.45) is 6.08. The topological polar surface area (TPSA) is 105 Å². The Labute approximate surface area is 207 Å². The number of rotatable bonds is 9. The SMILES string of the molecule is CCCCc1ncc(/C=C2\C(=O)NC(=O)N2Cc2ccc(Cl)cc2)n1Cc1ccc(C(=O)O)cc1. The van der Waals surface area contributed by atoms with E-state index in [1.165, 1.54) is 4.90 Å². The van der Waals surface area contributed by atoms with E-state index < -0.39 is 17.9 Å². The highest BCUT2D eigenvalue weighted by atomic mass is 35.5. The van der Waals surface area contributed by atoms with Crippen LogP contribution in [0.3, 0.4) is 0 Å². The maximum absolute atomic E-state index is 12.6. The Kier molecular flexibility index (Phi) is 7.31. The first-order valence-corrected chi connectivity index (χ1v) is 11.7. The number of hydrogen-bond donors (Lipinski definition) is 2. The van der Waals surface area contributed by atoms with Gasteiger partial charge in [-0.3, -0.25) is 15.0 Å². The van der Waals surface area contributed by atoms with E-state index in [9.17, 15) is 14.4 Å². The second-order valence-corrected chi connectivity index (χ2v) is 8.73. The van der Waals surface area contributed by atoms with Crippen molar-refractivity contribution in [3.8, 4) is 0 Å². The maximum atomic E-state index is 12.6. The Morgan fingerprint density at radius 2 is 1.71 bits per heavy atom. The van der Waals surface area contributed by atoms with E-state index in [1.807, 2.05) is 16.7 Å². The third-order valence-corrected chi connectivity index (χ3v) is 6.04. The molecule has 2 aromatic carbocycles. The smallest absolute Gasteiger partial charge is 0.335 e. The molecule has 4 rings (SSSR count). The van der Waals surface area contributed by atoms with E-state index in [-0.39, 0.29) is 17.8 Å². The van der Waals surface area contributed by atoms with Crippen molar-refractivity contribution in [3.63, 3.8) is 0 Å². The summed E-state index contributed by atoms with van der Waals surface area (Å²) in [4.78, 5) is 42.3. The molecule has 180 valence electrons. The van der Waals surface area contributed by atoms with Gasteiger partial charge in [0.2, 0.25) is 0 Å². The van der Waals surface area contributed by atoms with Gasteiger partial charge in [-0.15, -0.1) is 0 Å². The number of nitrogens with one attached hydrogen (secondary N) is 1. The monoisotopic (exact) mass is 492 g/mol. The van der Waals surface area contributed by atoms with Gasteiger partial charge in [0, 0.05) is 18.0 Å². The lowest BCUT2D eigenvalue weighted by Gasteiger charge is -2.16. The number of carboxylic acids is 1. The molecule has 1 fully saturated rings. The lowest BCUT2D eigenvalue weighted by atomic mass is 10.1. The van der Waals surface area contributed by atoms with Crippen molar-refractivity contribution in [2.75, 3.05) is 0 Å². The van der Waals surface area contributed by atoms with Crippen molar-refractivity contribution in [1.29, 1.82) is 0 Å². The van der Waals surface area contributed by atoms with Gasteiger partial charge in [-0.25, -0.2) is 14.6 Å². The first-order chi connectivity index (χ1) is 16.9. The Morgan fingerprint density at radius 1 is 1.06 bits per heavy atom. The predicted molar refractivity (Wildman–Crippen MR) is 132 cm³/mol. The van der Waals surface area contributed by atoms with Gasteiger partial charge in [-0.05, 0) is 47.9 Å². The Balaban J connectivity index is 1.67. The van der Waals surface area contributed by atoms with Crippen molar-refractivity contribution in [1.82, 2.24) is 19.8 Å². The number of urea groups is 1. The molecule has 3 amide bonds. The number of imidazole rings is 1. The lowest BCUT2D eigenvalue weighted by molar-refractivity contribution is -0.116. The van der Waals surface area contributed by atoms with Crippen molar-refractivity contribution < 1.29 is 19.5 Å². The molecule has 0 bridgehead atoms. The number of aromatic carboxylic acids is 1. The van der Waals surface area contributed by atoms with E-state index in [2.05, 4.69) is 17.2 Å². The third-order valence-electron chi connectivity index (χ3n) is 5.79. The predicted octanol–water partition coefficient (Wildman–Crippen LogP) is 4.72. The summed E-state index contributed by atoms with van der Waals surface area (Å²) in [5, 5.41) is 12.1. The molecule has 35 heavy (non-hydrogen) atoms. The average Bonchev–Trinajstić information content (AvgIpc) is 3.34. The fraction of sp³-hybridized carbons (Fsp3) is 0.231. The molecule has 0 spiro atoms. The Bertz CT molecular complexity index is 1280. The van der Waals surface area contributed by atoms with E-state index in [1.54, 1.807) is 48.7 Å². The number of halogens is 1. The summed E-state index contributed by atoms with van der Waals surface area (Å²) in [6, 6.07) is 13.3. The molecule has 0 atom stereocenters. The molecular weight excluding hydrogens is 468 g/mol. The van der Waals surface area contributed by atoms with Crippen LogP contribution in [0.25, 0.3) is 6.08 Å². The van der Waals surface area contributed by atoms with Crippen molar-refractivity contribution >= 4 is 35.6 Å². The first-order valence-electron chi connectivity index (χ1n) is 11.3. The number of nitrogens with zero attached hydrogens (tertiary/aromatic N) is 3. The van der Waals surface area contributed by atoms with Gasteiger partial charge in [0.15, 0.2) is 0 Å². The molecule has 3 aromatic rings. The summed E-state index contributed by atoms with van der Waals surface area (Å²) in [7, 11) is 0. The van der Waals surface area contributed by atoms with Crippen molar-refractivity contribution in [2.45, 2.75) is 39.3 Å². The van der Waals surface area contributed by atoms with Gasteiger partial charge in [0.05, 0.1) is 24.0 Å². The van der Waals surface area contributed by atoms with Crippen molar-refractivity contribution in [2.24, 2.45) is 0 Å². The third kappa shape index (κ3) is 5.60. The van der Waals surface area contributed by atoms with Crippen LogP contribution >= 0.6 is 11.6 Å². The number of carbonyl (C=O) groups is 3. The molecule has 9 heteroatoms. The molecule has 1 saturated heterocycles. The standard InChI is InChI=1S/C26H25ClN4O4/c1-2-3-4-23-28-14-21(30(23)15-17-5-9-19(10-6-17)25(33)34)13-22-24(32)29-26(35)31(22)16-18-7-11-20(27)12-8-18/h5-14H,2-4,15-16H2,1H3,(H,33,34)(H,29,32,35)/b22-13+. The number of benzene rings is 2. The minimum Gasteiger partial charge on any atom is -0.478 e. The quantitative estimate of drug-likeness (QED) is 0.332. The summed E-state index contributed by atoms with van der Waals surface area (Å²) in [6.45, 7) is 2.77. The van der Waals surface area contributed by atoms with Crippen LogP contribution in [-0.2, 0) is 24.3 Å². The fourth-order valence-corrected chi connectivity index (χ4v) is 4.00. The largest absolute Gasteiger partial charge is 0.478 e. The van der Waals surface area contributed by atoms with Crippen LogP contribution in [0.4, 0.5) is 4.79 Å². The molecule has 2 heterocycles. The Hall–Kier alpha value is -3.91. The highest BCUT2D eigenvalue weighted by molar-refractivity contribution is 6.30. The van der Waals surface area contributed by atoms with Gasteiger partial charge in [-0.2, -0.15) is 0 Å². The number of carboxylic acid groups (broad SMARTS) is 1. The van der Waals surface area contributed by atoms with Crippen molar-refractivity contribution in [3.05, 3.63) is 93.7 Å². The van der Waals surface area contributed by atoms with Crippen LogP contribution in [0.5, 0.6) is 0 Å². The van der Waals surface area contributed by atoms with Gasteiger partial charge in [0.25, 0.3) is 5.91 Å². The van der Waals surface area contributed by atoms with Gasteiger partial charge in [-0.1, -0.05) is 49.2 Å². The zero-order chi connectivity index (χ0) is 24.9. The number of aromatic nitrogens is 2. The van der Waals surface area contributed by atoms with Crippen LogP contribution in [0.2, 0.25) is 5.02 Å². The van der Waals surface area contributed by atoms with Crippen LogP contribution in [0.15, 0.2) is 60.4 Å². The van der Waals surface area contributed by atoms with E-state index in [4.69, 9.17) is 16.7 Å². The normalized spacial score (nSPS) is 14.6. The van der Waals surface area contributed by atoms with Gasteiger partial charge < -0.3 is 9.67 Å². The summed E-state index contributed by atoms with van der Waals surface area (Å²) in [5.74, 6) is -0.599. The molecule has 1 aliphatic rings. The zero-order valence-corrected chi connectivity index (χ0v) is 20.0. The van der Waals surface area contributed by atoms with E-state index >= 15 is 0 Å². The summed E-state index contributed by atoms with van der Waals surface area (Å²) >= 11 is 5.97. The molecule has 1 aromatic heterocycles. The molecule has 0 radical (unpaired) electrons. The molecule has 0 aliphatic carbocycles. The van der Waals surface area contributed by atoms with Crippen LogP contribution < -0.4 is 5.32 Å². The number of carbonyl (C=O) groups excluding carboxylic acids is 2. The van der Waals surface area contributed by atoms with Crippen LogP contribution in [-0.4, -0.2) is 37.5 Å². The van der Waals surface area contributed by atoms with E-state index in [0.29, 0.717) is 17.3 Å². The number of imide groups is 1. The number of hydrogen-bond acceptors (Lipinski definition) is 4. The van der Waals surface area contributed by atoms with Gasteiger partial charge in [0.1, 0.15) is 11.5 Å². The maximum Gasteiger partial charge on any atom is 0.335 e. The average molecular weight is 493 g/mol. The zero-order valence-electron chi connectivity index (χ0n) is 19.2. The molecule has 1 aliphatic heterocycles. The molecule has 2 N–H and O–H groups in total. The van der Waals surface area contributed by atoms with Gasteiger partial charge >= 0.3 is 12.0 Å². The highest BCUT2D eigenvalue weighted by Crippen LogP contribution is 2.23. The van der Waals surface area contributed by atoms with E-state index in [0.717, 1.165) is 36.2 Å². The van der Waals surface area contributed by atoms with Crippen LogP contribution in [0.1, 0.15) is 52.8 Å². The molecule has 0 saturated carbocycles.